The highest BCUT2D eigenvalue weighted by Crippen LogP contribution is 2.30. The van der Waals surface area contributed by atoms with Crippen molar-refractivity contribution in [3.8, 4) is 0 Å². The molecule has 2 atom stereocenters. The van der Waals surface area contributed by atoms with E-state index in [1.54, 1.807) is 4.90 Å². The molecule has 0 saturated carbocycles. The first-order valence-corrected chi connectivity index (χ1v) is 6.77. The Bertz CT molecular complexity index is 302. The standard InChI is InChI=1S/C14H28N2O2/c1-13(2,3)11(15)10-8-7-9-16(10)12(17)18-14(4,5)6/h10-11H,7-9,15H2,1-6H3/t10-,11+/m1/s1. The molecule has 0 aromatic carbocycles. The average Bonchev–Trinajstić information content (AvgIpc) is 2.60. The van der Waals surface area contributed by atoms with Gasteiger partial charge in [-0.1, -0.05) is 20.8 Å². The van der Waals surface area contributed by atoms with Gasteiger partial charge in [-0.15, -0.1) is 0 Å². The molecule has 0 spiro atoms. The lowest BCUT2D eigenvalue weighted by molar-refractivity contribution is 0.0171. The second-order valence-corrected chi connectivity index (χ2v) is 7.28. The number of carbonyl (C=O) groups excluding carboxylic acids is 1. The molecule has 1 amide bonds. The van der Waals surface area contributed by atoms with Crippen molar-refractivity contribution in [2.75, 3.05) is 6.54 Å². The van der Waals surface area contributed by atoms with Gasteiger partial charge >= 0.3 is 6.09 Å². The van der Waals surface area contributed by atoms with Gasteiger partial charge in [-0.2, -0.15) is 0 Å². The molecule has 1 rings (SSSR count). The number of nitrogens with two attached hydrogens (primary N) is 1. The minimum absolute atomic E-state index is 0.00469. The van der Waals surface area contributed by atoms with Crippen LogP contribution in [0.5, 0.6) is 0 Å². The molecule has 0 aromatic heterocycles. The molecular weight excluding hydrogens is 228 g/mol. The Hall–Kier alpha value is -0.770. The summed E-state index contributed by atoms with van der Waals surface area (Å²) >= 11 is 0. The summed E-state index contributed by atoms with van der Waals surface area (Å²) in [6, 6.07) is 0.0763. The van der Waals surface area contributed by atoms with E-state index in [4.69, 9.17) is 10.5 Å². The van der Waals surface area contributed by atoms with Crippen molar-refractivity contribution in [2.24, 2.45) is 11.1 Å². The molecule has 106 valence electrons. The first-order valence-electron chi connectivity index (χ1n) is 6.77. The molecule has 0 unspecified atom stereocenters. The summed E-state index contributed by atoms with van der Waals surface area (Å²) in [5.41, 5.74) is 5.85. The highest BCUT2D eigenvalue weighted by atomic mass is 16.6. The lowest BCUT2D eigenvalue weighted by atomic mass is 9.82. The van der Waals surface area contributed by atoms with E-state index in [0.29, 0.717) is 0 Å². The van der Waals surface area contributed by atoms with Gasteiger partial charge < -0.3 is 15.4 Å². The Morgan fingerprint density at radius 1 is 1.28 bits per heavy atom. The van der Waals surface area contributed by atoms with Crippen LogP contribution < -0.4 is 5.73 Å². The van der Waals surface area contributed by atoms with E-state index in [1.807, 2.05) is 20.8 Å². The highest BCUT2D eigenvalue weighted by Gasteiger charge is 2.39. The van der Waals surface area contributed by atoms with Crippen LogP contribution in [-0.2, 0) is 4.74 Å². The first-order chi connectivity index (χ1) is 8.02. The van der Waals surface area contributed by atoms with E-state index in [2.05, 4.69) is 20.8 Å². The summed E-state index contributed by atoms with van der Waals surface area (Å²) in [6.07, 6.45) is 1.75. The summed E-state index contributed by atoms with van der Waals surface area (Å²) in [4.78, 5) is 14.0. The number of ether oxygens (including phenoxy) is 1. The van der Waals surface area contributed by atoms with E-state index in [1.165, 1.54) is 0 Å². The number of likely N-dealkylation sites (tertiary alicyclic amines) is 1. The Morgan fingerprint density at radius 3 is 2.28 bits per heavy atom. The maximum Gasteiger partial charge on any atom is 0.410 e. The topological polar surface area (TPSA) is 55.6 Å². The van der Waals surface area contributed by atoms with Gasteiger partial charge in [-0.25, -0.2) is 4.79 Å². The van der Waals surface area contributed by atoms with Crippen LogP contribution in [0.2, 0.25) is 0 Å². The normalized spacial score (nSPS) is 23.1. The zero-order valence-electron chi connectivity index (χ0n) is 12.6. The third-order valence-corrected chi connectivity index (χ3v) is 3.34. The van der Waals surface area contributed by atoms with Gasteiger partial charge in [0.1, 0.15) is 5.60 Å². The minimum atomic E-state index is -0.448. The van der Waals surface area contributed by atoms with E-state index in [0.717, 1.165) is 19.4 Å². The molecule has 4 heteroatoms. The van der Waals surface area contributed by atoms with Crippen LogP contribution in [0.3, 0.4) is 0 Å². The summed E-state index contributed by atoms with van der Waals surface area (Å²) in [5, 5.41) is 0. The van der Waals surface area contributed by atoms with Crippen molar-refractivity contribution in [3.63, 3.8) is 0 Å². The molecule has 0 aromatic rings. The van der Waals surface area contributed by atoms with Crippen molar-refractivity contribution in [1.82, 2.24) is 4.90 Å². The maximum absolute atomic E-state index is 12.2. The molecule has 0 bridgehead atoms. The van der Waals surface area contributed by atoms with Crippen molar-refractivity contribution < 1.29 is 9.53 Å². The van der Waals surface area contributed by atoms with Gasteiger partial charge in [0.05, 0.1) is 6.04 Å². The number of hydrogen-bond acceptors (Lipinski definition) is 3. The predicted molar refractivity (Wildman–Crippen MR) is 73.4 cm³/mol. The van der Waals surface area contributed by atoms with E-state index < -0.39 is 5.60 Å². The molecule has 18 heavy (non-hydrogen) atoms. The predicted octanol–water partition coefficient (Wildman–Crippen LogP) is 2.76. The Morgan fingerprint density at radius 2 is 1.83 bits per heavy atom. The molecule has 1 aliphatic rings. The molecule has 0 radical (unpaired) electrons. The Kier molecular flexibility index (Phi) is 4.31. The molecule has 2 N–H and O–H groups in total. The van der Waals surface area contributed by atoms with Crippen LogP contribution in [0.25, 0.3) is 0 Å². The van der Waals surface area contributed by atoms with Crippen LogP contribution in [-0.4, -0.2) is 35.2 Å². The quantitative estimate of drug-likeness (QED) is 0.785. The summed E-state index contributed by atoms with van der Waals surface area (Å²) in [5.74, 6) is 0. The Labute approximate surface area is 111 Å². The summed E-state index contributed by atoms with van der Waals surface area (Å²) in [7, 11) is 0. The van der Waals surface area contributed by atoms with Crippen LogP contribution in [0.15, 0.2) is 0 Å². The van der Waals surface area contributed by atoms with Gasteiger partial charge in [0, 0.05) is 12.6 Å². The lowest BCUT2D eigenvalue weighted by Crippen LogP contribution is -2.53. The van der Waals surface area contributed by atoms with E-state index in [-0.39, 0.29) is 23.6 Å². The molecule has 1 heterocycles. The second-order valence-electron chi connectivity index (χ2n) is 7.28. The third-order valence-electron chi connectivity index (χ3n) is 3.34. The number of amides is 1. The van der Waals surface area contributed by atoms with Gasteiger partial charge in [0.25, 0.3) is 0 Å². The smallest absolute Gasteiger partial charge is 0.410 e. The Balaban J connectivity index is 2.74. The summed E-state index contributed by atoms with van der Waals surface area (Å²) < 4.78 is 5.45. The maximum atomic E-state index is 12.2. The molecule has 0 aliphatic carbocycles. The van der Waals surface area contributed by atoms with Gasteiger partial charge in [-0.3, -0.25) is 0 Å². The van der Waals surface area contributed by atoms with Crippen molar-refractivity contribution >= 4 is 6.09 Å². The van der Waals surface area contributed by atoms with Gasteiger partial charge in [0.2, 0.25) is 0 Å². The first kappa shape index (κ1) is 15.3. The van der Waals surface area contributed by atoms with Crippen LogP contribution in [0, 0.1) is 5.41 Å². The van der Waals surface area contributed by atoms with E-state index >= 15 is 0 Å². The van der Waals surface area contributed by atoms with E-state index in [9.17, 15) is 4.79 Å². The summed E-state index contributed by atoms with van der Waals surface area (Å²) in [6.45, 7) is 12.8. The number of carbonyl (C=O) groups is 1. The fourth-order valence-electron chi connectivity index (χ4n) is 2.29. The van der Waals surface area contributed by atoms with Gasteiger partial charge in [-0.05, 0) is 39.0 Å². The number of nitrogens with zero attached hydrogens (tertiary/aromatic N) is 1. The minimum Gasteiger partial charge on any atom is -0.444 e. The molecule has 1 saturated heterocycles. The van der Waals surface area contributed by atoms with Crippen molar-refractivity contribution in [2.45, 2.75) is 72.1 Å². The van der Waals surface area contributed by atoms with Crippen molar-refractivity contribution in [3.05, 3.63) is 0 Å². The van der Waals surface area contributed by atoms with Crippen molar-refractivity contribution in [1.29, 1.82) is 0 Å². The zero-order valence-corrected chi connectivity index (χ0v) is 12.6. The molecule has 4 nitrogen and oxygen atoms in total. The fraction of sp³-hybridized carbons (Fsp3) is 0.929. The number of rotatable bonds is 1. The molecule has 1 aliphatic heterocycles. The van der Waals surface area contributed by atoms with Crippen LogP contribution >= 0.6 is 0 Å². The van der Waals surface area contributed by atoms with Gasteiger partial charge in [0.15, 0.2) is 0 Å². The van der Waals surface area contributed by atoms with Crippen LogP contribution in [0.1, 0.15) is 54.4 Å². The van der Waals surface area contributed by atoms with Crippen LogP contribution in [0.4, 0.5) is 4.79 Å². The third kappa shape index (κ3) is 3.87. The fourth-order valence-corrected chi connectivity index (χ4v) is 2.29. The average molecular weight is 256 g/mol. The second kappa shape index (κ2) is 5.08. The SMILES string of the molecule is CC(C)(C)OC(=O)N1CCC[C@@H]1[C@H](N)C(C)(C)C. The number of hydrogen-bond donors (Lipinski definition) is 1. The molecule has 1 fully saturated rings. The highest BCUT2D eigenvalue weighted by molar-refractivity contribution is 5.69. The largest absolute Gasteiger partial charge is 0.444 e. The monoisotopic (exact) mass is 256 g/mol. The zero-order chi connectivity index (χ0) is 14.1. The molecular formula is C14H28N2O2. The lowest BCUT2D eigenvalue weighted by Gasteiger charge is -2.37.